The molecule has 0 fully saturated rings. The molecule has 1 aromatic carbocycles. The molecule has 0 aliphatic carbocycles. The first-order chi connectivity index (χ1) is 11.6. The largest absolute Gasteiger partial charge is 0.463 e. The van der Waals surface area contributed by atoms with Crippen LogP contribution in [0.3, 0.4) is 0 Å². The second kappa shape index (κ2) is 9.07. The molecule has 0 atom stereocenters. The van der Waals surface area contributed by atoms with Crippen molar-refractivity contribution in [3.63, 3.8) is 0 Å². The lowest BCUT2D eigenvalue weighted by atomic mass is 10.2. The van der Waals surface area contributed by atoms with Crippen LogP contribution in [0.1, 0.15) is 12.5 Å². The Morgan fingerprint density at radius 3 is 2.32 bits per heavy atom. The van der Waals surface area contributed by atoms with Gasteiger partial charge in [0.1, 0.15) is 0 Å². The Labute approximate surface area is 145 Å². The number of nitrogens with one attached hydrogen (secondary N) is 1. The maximum Gasteiger partial charge on any atom is 0.417 e. The average molecular weight is 380 g/mol. The first kappa shape index (κ1) is 20.5. The van der Waals surface area contributed by atoms with E-state index in [-0.39, 0.29) is 12.3 Å². The third-order valence-corrected chi connectivity index (χ3v) is 2.87. The predicted molar refractivity (Wildman–Crippen MR) is 81.8 cm³/mol. The number of ether oxygens (including phenoxy) is 2. The summed E-state index contributed by atoms with van der Waals surface area (Å²) in [6.07, 6.45) is -3.10. The number of amides is 1. The highest BCUT2D eigenvalue weighted by molar-refractivity contribution is 6.31. The zero-order chi connectivity index (χ0) is 19.0. The summed E-state index contributed by atoms with van der Waals surface area (Å²) in [5.41, 5.74) is -1.28. The first-order valence-electron chi connectivity index (χ1n) is 6.81. The van der Waals surface area contributed by atoms with Gasteiger partial charge in [-0.1, -0.05) is 11.6 Å². The summed E-state index contributed by atoms with van der Waals surface area (Å²) in [4.78, 5) is 33.8. The molecule has 1 aromatic rings. The van der Waals surface area contributed by atoms with Gasteiger partial charge in [-0.25, -0.2) is 9.59 Å². The van der Waals surface area contributed by atoms with Gasteiger partial charge in [0.25, 0.3) is 5.91 Å². The molecule has 1 rings (SSSR count). The van der Waals surface area contributed by atoms with E-state index >= 15 is 0 Å². The Kier molecular flexibility index (Phi) is 7.43. The van der Waals surface area contributed by atoms with Crippen LogP contribution in [0.5, 0.6) is 0 Å². The number of anilines is 1. The van der Waals surface area contributed by atoms with Crippen LogP contribution in [0, 0.1) is 0 Å². The van der Waals surface area contributed by atoms with Gasteiger partial charge < -0.3 is 14.8 Å². The molecule has 25 heavy (non-hydrogen) atoms. The van der Waals surface area contributed by atoms with Gasteiger partial charge in [-0.3, -0.25) is 4.79 Å². The van der Waals surface area contributed by atoms with Crippen LogP contribution < -0.4 is 5.32 Å². The molecule has 0 aliphatic heterocycles. The monoisotopic (exact) mass is 379 g/mol. The number of benzene rings is 1. The zero-order valence-corrected chi connectivity index (χ0v) is 13.6. The number of rotatable bonds is 6. The van der Waals surface area contributed by atoms with Gasteiger partial charge in [0, 0.05) is 17.8 Å². The molecule has 0 spiro atoms. The molecule has 10 heteroatoms. The van der Waals surface area contributed by atoms with Crippen LogP contribution >= 0.6 is 11.6 Å². The standard InChI is InChI=1S/C15H13ClF3NO5/c1-2-24-13(22)5-6-14(23)25-8-12(21)20-9-3-4-11(16)10(7-9)15(17,18)19/h3-7H,2,8H2,1H3,(H,20,21)/b6-5+. The van der Waals surface area contributed by atoms with Crippen molar-refractivity contribution < 1.29 is 37.0 Å². The van der Waals surface area contributed by atoms with E-state index in [1.165, 1.54) is 0 Å². The van der Waals surface area contributed by atoms with E-state index in [9.17, 15) is 27.6 Å². The highest BCUT2D eigenvalue weighted by atomic mass is 35.5. The molecule has 0 heterocycles. The Morgan fingerprint density at radius 1 is 1.16 bits per heavy atom. The number of halogens is 4. The average Bonchev–Trinajstić information content (AvgIpc) is 2.52. The molecule has 1 N–H and O–H groups in total. The summed E-state index contributed by atoms with van der Waals surface area (Å²) in [7, 11) is 0. The smallest absolute Gasteiger partial charge is 0.417 e. The predicted octanol–water partition coefficient (Wildman–Crippen LogP) is 2.96. The van der Waals surface area contributed by atoms with Crippen LogP contribution in [0.15, 0.2) is 30.4 Å². The van der Waals surface area contributed by atoms with Gasteiger partial charge in [-0.05, 0) is 25.1 Å². The number of carbonyl (C=O) groups is 3. The maximum absolute atomic E-state index is 12.7. The first-order valence-corrected chi connectivity index (χ1v) is 7.19. The molecule has 0 bridgehead atoms. The summed E-state index contributed by atoms with van der Waals surface area (Å²) >= 11 is 5.46. The molecule has 0 saturated heterocycles. The third kappa shape index (κ3) is 7.25. The molecule has 0 radical (unpaired) electrons. The second-order valence-corrected chi connectivity index (χ2v) is 4.84. The van der Waals surface area contributed by atoms with E-state index in [0.717, 1.165) is 24.3 Å². The number of carbonyl (C=O) groups excluding carboxylic acids is 3. The summed E-state index contributed by atoms with van der Waals surface area (Å²) in [5, 5.41) is 1.62. The van der Waals surface area contributed by atoms with Crippen molar-refractivity contribution in [1.29, 1.82) is 0 Å². The normalized spacial score (nSPS) is 11.2. The Balaban J connectivity index is 2.58. The quantitative estimate of drug-likeness (QED) is 0.607. The van der Waals surface area contributed by atoms with Gasteiger partial charge >= 0.3 is 18.1 Å². The van der Waals surface area contributed by atoms with Crippen LogP contribution in [0.2, 0.25) is 5.02 Å². The molecular weight excluding hydrogens is 367 g/mol. The Bertz CT molecular complexity index is 688. The van der Waals surface area contributed by atoms with Crippen molar-refractivity contribution in [2.24, 2.45) is 0 Å². The fraction of sp³-hybridized carbons (Fsp3) is 0.267. The fourth-order valence-corrected chi connectivity index (χ4v) is 1.75. The SMILES string of the molecule is CCOC(=O)/C=C/C(=O)OCC(=O)Nc1ccc(Cl)c(C(F)(F)F)c1. The van der Waals surface area contributed by atoms with Gasteiger partial charge in [0.15, 0.2) is 6.61 Å². The van der Waals surface area contributed by atoms with Crippen molar-refractivity contribution in [3.05, 3.63) is 40.9 Å². The Hall–Kier alpha value is -2.55. The summed E-state index contributed by atoms with van der Waals surface area (Å²) < 4.78 is 47.2. The fourth-order valence-electron chi connectivity index (χ4n) is 1.53. The van der Waals surface area contributed by atoms with E-state index in [1.807, 2.05) is 0 Å². The van der Waals surface area contributed by atoms with Crippen molar-refractivity contribution in [1.82, 2.24) is 0 Å². The van der Waals surface area contributed by atoms with Gasteiger partial charge in [0.05, 0.1) is 17.2 Å². The van der Waals surface area contributed by atoms with Crippen LogP contribution in [0.25, 0.3) is 0 Å². The summed E-state index contributed by atoms with van der Waals surface area (Å²) in [6, 6.07) is 2.80. The molecule has 0 saturated carbocycles. The number of alkyl halides is 3. The van der Waals surface area contributed by atoms with Crippen LogP contribution in [-0.2, 0) is 30.0 Å². The van der Waals surface area contributed by atoms with E-state index in [4.69, 9.17) is 11.6 Å². The van der Waals surface area contributed by atoms with Crippen LogP contribution in [-0.4, -0.2) is 31.1 Å². The van der Waals surface area contributed by atoms with Gasteiger partial charge in [-0.2, -0.15) is 13.2 Å². The van der Waals surface area contributed by atoms with Gasteiger partial charge in [0.2, 0.25) is 0 Å². The van der Waals surface area contributed by atoms with E-state index < -0.39 is 41.2 Å². The lowest BCUT2D eigenvalue weighted by molar-refractivity contribution is -0.143. The van der Waals surface area contributed by atoms with Crippen molar-refractivity contribution >= 4 is 35.1 Å². The molecule has 0 aliphatic rings. The minimum Gasteiger partial charge on any atom is -0.463 e. The summed E-state index contributed by atoms with van der Waals surface area (Å²) in [6.45, 7) is 0.951. The third-order valence-electron chi connectivity index (χ3n) is 2.54. The maximum atomic E-state index is 12.7. The minimum absolute atomic E-state index is 0.127. The minimum atomic E-state index is -4.68. The van der Waals surface area contributed by atoms with Crippen LogP contribution in [0.4, 0.5) is 18.9 Å². The second-order valence-electron chi connectivity index (χ2n) is 4.43. The van der Waals surface area contributed by atoms with Crippen molar-refractivity contribution in [2.45, 2.75) is 13.1 Å². The molecule has 0 aromatic heterocycles. The molecule has 1 amide bonds. The highest BCUT2D eigenvalue weighted by Crippen LogP contribution is 2.36. The number of hydrogen-bond donors (Lipinski definition) is 1. The van der Waals surface area contributed by atoms with Crippen molar-refractivity contribution in [2.75, 3.05) is 18.5 Å². The summed E-state index contributed by atoms with van der Waals surface area (Å²) in [5.74, 6) is -2.62. The molecular formula is C15H13ClF3NO5. The van der Waals surface area contributed by atoms with E-state index in [0.29, 0.717) is 6.07 Å². The molecule has 6 nitrogen and oxygen atoms in total. The lowest BCUT2D eigenvalue weighted by Crippen LogP contribution is -2.20. The van der Waals surface area contributed by atoms with E-state index in [1.54, 1.807) is 6.92 Å². The number of hydrogen-bond acceptors (Lipinski definition) is 5. The lowest BCUT2D eigenvalue weighted by Gasteiger charge is -2.11. The zero-order valence-electron chi connectivity index (χ0n) is 12.9. The molecule has 0 unspecified atom stereocenters. The molecule has 136 valence electrons. The Morgan fingerprint density at radius 2 is 1.76 bits per heavy atom. The van der Waals surface area contributed by atoms with Gasteiger partial charge in [-0.15, -0.1) is 0 Å². The topological polar surface area (TPSA) is 81.7 Å². The van der Waals surface area contributed by atoms with Crippen molar-refractivity contribution in [3.8, 4) is 0 Å². The highest BCUT2D eigenvalue weighted by Gasteiger charge is 2.33. The number of esters is 2. The van der Waals surface area contributed by atoms with E-state index in [2.05, 4.69) is 14.8 Å².